The number of aryl methyl sites for hydroxylation is 1. The third kappa shape index (κ3) is 3.36. The smallest absolute Gasteiger partial charge is 0.157 e. The van der Waals surface area contributed by atoms with E-state index in [1.54, 1.807) is 19.2 Å². The Balaban J connectivity index is 1.87. The number of para-hydroxylation sites is 2. The van der Waals surface area contributed by atoms with E-state index in [0.717, 1.165) is 39.3 Å². The standard InChI is InChI=1S/C23H18N4O/c1-15-7-12-18(28-2)13-21(15)27-23-22(17-10-8-16(14-24)9-11-17)25-19-5-3-4-6-20(19)26-23/h3-13H,1-2H3,(H,26,27). The molecule has 0 aliphatic rings. The van der Waals surface area contributed by atoms with Gasteiger partial charge in [-0.3, -0.25) is 0 Å². The first-order valence-electron chi connectivity index (χ1n) is 8.87. The normalized spacial score (nSPS) is 10.5. The van der Waals surface area contributed by atoms with E-state index < -0.39 is 0 Å². The average Bonchev–Trinajstić information content (AvgIpc) is 2.75. The number of hydrogen-bond acceptors (Lipinski definition) is 5. The van der Waals surface area contributed by atoms with E-state index in [9.17, 15) is 0 Å². The first-order valence-corrected chi connectivity index (χ1v) is 8.87. The molecule has 0 amide bonds. The lowest BCUT2D eigenvalue weighted by atomic mass is 10.1. The highest BCUT2D eigenvalue weighted by atomic mass is 16.5. The van der Waals surface area contributed by atoms with Gasteiger partial charge >= 0.3 is 0 Å². The summed E-state index contributed by atoms with van der Waals surface area (Å²) in [6.07, 6.45) is 0. The first-order chi connectivity index (χ1) is 13.7. The van der Waals surface area contributed by atoms with Crippen LogP contribution in [-0.4, -0.2) is 17.1 Å². The molecule has 0 aliphatic carbocycles. The molecule has 28 heavy (non-hydrogen) atoms. The van der Waals surface area contributed by atoms with Crippen LogP contribution in [0, 0.1) is 18.3 Å². The van der Waals surface area contributed by atoms with Crippen LogP contribution in [0.15, 0.2) is 66.7 Å². The molecule has 0 atom stereocenters. The van der Waals surface area contributed by atoms with E-state index in [0.29, 0.717) is 11.4 Å². The van der Waals surface area contributed by atoms with Crippen molar-refractivity contribution in [3.8, 4) is 23.1 Å². The second kappa shape index (κ2) is 7.37. The molecule has 4 rings (SSSR count). The van der Waals surface area contributed by atoms with E-state index in [1.165, 1.54) is 0 Å². The van der Waals surface area contributed by atoms with Crippen LogP contribution in [0.2, 0.25) is 0 Å². The Morgan fingerprint density at radius 1 is 0.929 bits per heavy atom. The van der Waals surface area contributed by atoms with Crippen molar-refractivity contribution in [2.75, 3.05) is 12.4 Å². The molecule has 0 radical (unpaired) electrons. The molecule has 0 saturated carbocycles. The van der Waals surface area contributed by atoms with Crippen LogP contribution in [0.25, 0.3) is 22.3 Å². The molecule has 1 heterocycles. The number of ether oxygens (including phenoxy) is 1. The highest BCUT2D eigenvalue weighted by molar-refractivity contribution is 5.85. The van der Waals surface area contributed by atoms with Gasteiger partial charge in [-0.2, -0.15) is 5.26 Å². The third-order valence-corrected chi connectivity index (χ3v) is 4.56. The summed E-state index contributed by atoms with van der Waals surface area (Å²) in [6, 6.07) is 23.1. The van der Waals surface area contributed by atoms with E-state index in [1.807, 2.05) is 61.5 Å². The second-order valence-electron chi connectivity index (χ2n) is 6.40. The Morgan fingerprint density at radius 2 is 1.64 bits per heavy atom. The Hall–Kier alpha value is -3.91. The van der Waals surface area contributed by atoms with E-state index in [-0.39, 0.29) is 0 Å². The number of nitrogens with zero attached hydrogens (tertiary/aromatic N) is 3. The molecule has 0 fully saturated rings. The summed E-state index contributed by atoms with van der Waals surface area (Å²) in [5, 5.41) is 12.5. The van der Waals surface area contributed by atoms with E-state index in [4.69, 9.17) is 20.0 Å². The van der Waals surface area contributed by atoms with Crippen LogP contribution in [-0.2, 0) is 0 Å². The van der Waals surface area contributed by atoms with Gasteiger partial charge in [0.05, 0.1) is 29.8 Å². The van der Waals surface area contributed by atoms with Gasteiger partial charge in [0, 0.05) is 17.3 Å². The predicted octanol–water partition coefficient (Wildman–Crippen LogP) is 5.23. The zero-order chi connectivity index (χ0) is 19.5. The van der Waals surface area contributed by atoms with Crippen LogP contribution >= 0.6 is 0 Å². The zero-order valence-electron chi connectivity index (χ0n) is 15.6. The van der Waals surface area contributed by atoms with Gasteiger partial charge in [0.2, 0.25) is 0 Å². The van der Waals surface area contributed by atoms with Crippen LogP contribution in [0.5, 0.6) is 5.75 Å². The van der Waals surface area contributed by atoms with E-state index in [2.05, 4.69) is 11.4 Å². The molecule has 5 nitrogen and oxygen atoms in total. The van der Waals surface area contributed by atoms with Crippen molar-refractivity contribution in [2.45, 2.75) is 6.92 Å². The summed E-state index contributed by atoms with van der Waals surface area (Å²) in [6.45, 7) is 2.03. The van der Waals surface area contributed by atoms with Gasteiger partial charge in [0.1, 0.15) is 11.4 Å². The summed E-state index contributed by atoms with van der Waals surface area (Å²) in [7, 11) is 1.65. The lowest BCUT2D eigenvalue weighted by molar-refractivity contribution is 0.415. The van der Waals surface area contributed by atoms with Crippen LogP contribution < -0.4 is 10.1 Å². The Labute approximate surface area is 163 Å². The molecule has 0 aliphatic heterocycles. The molecule has 0 unspecified atom stereocenters. The number of aromatic nitrogens is 2. The molecule has 0 bridgehead atoms. The quantitative estimate of drug-likeness (QED) is 0.535. The third-order valence-electron chi connectivity index (χ3n) is 4.56. The topological polar surface area (TPSA) is 70.8 Å². The Kier molecular flexibility index (Phi) is 4.61. The van der Waals surface area contributed by atoms with Gasteiger partial charge in [-0.25, -0.2) is 9.97 Å². The minimum atomic E-state index is 0.607. The lowest BCUT2D eigenvalue weighted by Crippen LogP contribution is -2.01. The number of fused-ring (bicyclic) bond motifs is 1. The number of hydrogen-bond donors (Lipinski definition) is 1. The summed E-state index contributed by atoms with van der Waals surface area (Å²) in [5.74, 6) is 1.42. The molecule has 1 N–H and O–H groups in total. The van der Waals surface area contributed by atoms with Crippen LogP contribution in [0.3, 0.4) is 0 Å². The largest absolute Gasteiger partial charge is 0.497 e. The number of methoxy groups -OCH3 is 1. The molecule has 3 aromatic carbocycles. The SMILES string of the molecule is COc1ccc(C)c(Nc2nc3ccccc3nc2-c2ccc(C#N)cc2)c1. The fourth-order valence-corrected chi connectivity index (χ4v) is 2.98. The van der Waals surface area contributed by atoms with Gasteiger partial charge in [-0.15, -0.1) is 0 Å². The Bertz CT molecular complexity index is 1190. The minimum Gasteiger partial charge on any atom is -0.497 e. The van der Waals surface area contributed by atoms with Gasteiger partial charge in [0.25, 0.3) is 0 Å². The minimum absolute atomic E-state index is 0.607. The lowest BCUT2D eigenvalue weighted by Gasteiger charge is -2.14. The number of nitriles is 1. The maximum absolute atomic E-state index is 9.07. The highest BCUT2D eigenvalue weighted by Crippen LogP contribution is 2.31. The molecule has 0 spiro atoms. The number of nitrogens with one attached hydrogen (secondary N) is 1. The first kappa shape index (κ1) is 17.5. The summed E-state index contributed by atoms with van der Waals surface area (Å²) in [5.41, 5.74) is 5.82. The van der Waals surface area contributed by atoms with Crippen molar-refractivity contribution in [1.29, 1.82) is 5.26 Å². The zero-order valence-corrected chi connectivity index (χ0v) is 15.6. The van der Waals surface area contributed by atoms with E-state index >= 15 is 0 Å². The predicted molar refractivity (Wildman–Crippen MR) is 111 cm³/mol. The fraction of sp³-hybridized carbons (Fsp3) is 0.0870. The van der Waals surface area contributed by atoms with Crippen LogP contribution in [0.1, 0.15) is 11.1 Å². The average molecular weight is 366 g/mol. The summed E-state index contributed by atoms with van der Waals surface area (Å²) < 4.78 is 5.35. The van der Waals surface area contributed by atoms with Crippen molar-refractivity contribution < 1.29 is 4.74 Å². The summed E-state index contributed by atoms with van der Waals surface area (Å²) >= 11 is 0. The summed E-state index contributed by atoms with van der Waals surface area (Å²) in [4.78, 5) is 9.64. The molecule has 4 aromatic rings. The monoisotopic (exact) mass is 366 g/mol. The highest BCUT2D eigenvalue weighted by Gasteiger charge is 2.13. The van der Waals surface area contributed by atoms with Gasteiger partial charge < -0.3 is 10.1 Å². The number of anilines is 2. The second-order valence-corrected chi connectivity index (χ2v) is 6.40. The van der Waals surface area contributed by atoms with Crippen molar-refractivity contribution in [3.05, 3.63) is 77.9 Å². The van der Waals surface area contributed by atoms with Gasteiger partial charge in [0.15, 0.2) is 5.82 Å². The number of rotatable bonds is 4. The van der Waals surface area contributed by atoms with Crippen molar-refractivity contribution in [2.24, 2.45) is 0 Å². The molecule has 0 saturated heterocycles. The molecular weight excluding hydrogens is 348 g/mol. The van der Waals surface area contributed by atoms with Crippen molar-refractivity contribution in [1.82, 2.24) is 9.97 Å². The number of benzene rings is 3. The molecule has 1 aromatic heterocycles. The van der Waals surface area contributed by atoms with Crippen molar-refractivity contribution >= 4 is 22.5 Å². The maximum atomic E-state index is 9.07. The Morgan fingerprint density at radius 3 is 2.32 bits per heavy atom. The molecule has 136 valence electrons. The molecule has 5 heteroatoms. The fourth-order valence-electron chi connectivity index (χ4n) is 2.98. The van der Waals surface area contributed by atoms with Gasteiger partial charge in [-0.1, -0.05) is 30.3 Å². The maximum Gasteiger partial charge on any atom is 0.157 e. The molecular formula is C23H18N4O. The van der Waals surface area contributed by atoms with Crippen LogP contribution in [0.4, 0.5) is 11.5 Å². The van der Waals surface area contributed by atoms with Gasteiger partial charge in [-0.05, 0) is 42.8 Å². The van der Waals surface area contributed by atoms with Crippen molar-refractivity contribution in [3.63, 3.8) is 0 Å².